The van der Waals surface area contributed by atoms with E-state index in [1.165, 1.54) is 6.07 Å². The van der Waals surface area contributed by atoms with Crippen molar-refractivity contribution in [3.8, 4) is 6.07 Å². The Bertz CT molecular complexity index is 447. The summed E-state index contributed by atoms with van der Waals surface area (Å²) in [6.07, 6.45) is 0.456. The van der Waals surface area contributed by atoms with Gasteiger partial charge in [-0.15, -0.1) is 0 Å². The van der Waals surface area contributed by atoms with Gasteiger partial charge in [-0.05, 0) is 28.1 Å². The van der Waals surface area contributed by atoms with Crippen molar-refractivity contribution in [1.82, 2.24) is 0 Å². The van der Waals surface area contributed by atoms with E-state index in [4.69, 9.17) is 10.4 Å². The predicted molar refractivity (Wildman–Crippen MR) is 51.2 cm³/mol. The maximum absolute atomic E-state index is 10.7. The van der Waals surface area contributed by atoms with Crippen LogP contribution >= 0.6 is 15.9 Å². The Balaban J connectivity index is 3.47. The van der Waals surface area contributed by atoms with Gasteiger partial charge in [-0.2, -0.15) is 5.26 Å². The summed E-state index contributed by atoms with van der Waals surface area (Å²) in [6, 6.07) is 4.28. The number of hydrogen-bond donors (Lipinski definition) is 1. The Kier molecular flexibility index (Phi) is 2.99. The predicted octanol–water partition coefficient (Wildman–Crippen LogP) is 1.83. The molecule has 0 saturated heterocycles. The average molecular weight is 254 g/mol. The SMILES string of the molecule is N#Cc1cc(Br)c(C(=O)O)cc1C=O. The van der Waals surface area contributed by atoms with Gasteiger partial charge in [0.25, 0.3) is 0 Å². The fourth-order valence-electron chi connectivity index (χ4n) is 0.948. The van der Waals surface area contributed by atoms with Gasteiger partial charge in [-0.1, -0.05) is 0 Å². The molecular formula is C9H4BrNO3. The molecule has 0 heterocycles. The van der Waals surface area contributed by atoms with Gasteiger partial charge in [0.15, 0.2) is 6.29 Å². The summed E-state index contributed by atoms with van der Waals surface area (Å²) >= 11 is 3.00. The lowest BCUT2D eigenvalue weighted by atomic mass is 10.1. The number of aromatic carboxylic acids is 1. The Morgan fingerprint density at radius 2 is 2.21 bits per heavy atom. The smallest absolute Gasteiger partial charge is 0.336 e. The molecule has 0 aliphatic rings. The van der Waals surface area contributed by atoms with Crippen LogP contribution in [0.2, 0.25) is 0 Å². The second-order valence-electron chi connectivity index (χ2n) is 2.45. The summed E-state index contributed by atoms with van der Waals surface area (Å²) in [5.74, 6) is -1.15. The van der Waals surface area contributed by atoms with Crippen LogP contribution in [0.1, 0.15) is 26.3 Å². The summed E-state index contributed by atoms with van der Waals surface area (Å²) in [4.78, 5) is 21.2. The number of halogens is 1. The number of carboxylic acid groups (broad SMARTS) is 1. The van der Waals surface area contributed by atoms with E-state index in [2.05, 4.69) is 15.9 Å². The summed E-state index contributed by atoms with van der Waals surface area (Å²) in [6.45, 7) is 0. The number of rotatable bonds is 2. The van der Waals surface area contributed by atoms with Gasteiger partial charge < -0.3 is 5.11 Å². The van der Waals surface area contributed by atoms with E-state index in [-0.39, 0.29) is 21.2 Å². The Morgan fingerprint density at radius 1 is 1.57 bits per heavy atom. The molecule has 0 saturated carbocycles. The zero-order chi connectivity index (χ0) is 10.7. The van der Waals surface area contributed by atoms with Crippen molar-refractivity contribution >= 4 is 28.2 Å². The van der Waals surface area contributed by atoms with E-state index in [1.807, 2.05) is 0 Å². The van der Waals surface area contributed by atoms with E-state index >= 15 is 0 Å². The Hall–Kier alpha value is -1.67. The molecule has 0 aromatic heterocycles. The van der Waals surface area contributed by atoms with Crippen molar-refractivity contribution in [2.24, 2.45) is 0 Å². The van der Waals surface area contributed by atoms with Gasteiger partial charge in [0.05, 0.1) is 17.2 Å². The zero-order valence-corrected chi connectivity index (χ0v) is 8.41. The zero-order valence-electron chi connectivity index (χ0n) is 6.82. The highest BCUT2D eigenvalue weighted by Gasteiger charge is 2.12. The van der Waals surface area contributed by atoms with E-state index in [0.717, 1.165) is 6.07 Å². The molecule has 0 amide bonds. The fraction of sp³-hybridized carbons (Fsp3) is 0. The molecule has 0 spiro atoms. The van der Waals surface area contributed by atoms with Crippen molar-refractivity contribution in [2.45, 2.75) is 0 Å². The maximum Gasteiger partial charge on any atom is 0.336 e. The number of aldehydes is 1. The topological polar surface area (TPSA) is 78.2 Å². The van der Waals surface area contributed by atoms with Gasteiger partial charge in [0.1, 0.15) is 0 Å². The van der Waals surface area contributed by atoms with E-state index < -0.39 is 5.97 Å². The summed E-state index contributed by atoms with van der Waals surface area (Å²) in [5, 5.41) is 17.3. The molecule has 14 heavy (non-hydrogen) atoms. The van der Waals surface area contributed by atoms with Crippen LogP contribution in [0.4, 0.5) is 0 Å². The first-order chi connectivity index (χ1) is 6.60. The molecule has 0 aliphatic heterocycles. The van der Waals surface area contributed by atoms with Crippen molar-refractivity contribution in [3.63, 3.8) is 0 Å². The third-order valence-electron chi connectivity index (χ3n) is 1.62. The molecule has 4 nitrogen and oxygen atoms in total. The Labute approximate surface area is 87.9 Å². The number of nitrogens with zero attached hydrogens (tertiary/aromatic N) is 1. The second-order valence-corrected chi connectivity index (χ2v) is 3.31. The summed E-state index contributed by atoms with van der Waals surface area (Å²) in [7, 11) is 0. The molecule has 1 aromatic rings. The number of carboxylic acids is 1. The highest BCUT2D eigenvalue weighted by Crippen LogP contribution is 2.21. The molecule has 1 aromatic carbocycles. The van der Waals surface area contributed by atoms with Gasteiger partial charge >= 0.3 is 5.97 Å². The summed E-state index contributed by atoms with van der Waals surface area (Å²) in [5.41, 5.74) is 0.191. The molecule has 0 unspecified atom stereocenters. The largest absolute Gasteiger partial charge is 0.478 e. The molecular weight excluding hydrogens is 250 g/mol. The van der Waals surface area contributed by atoms with Crippen LogP contribution in [0.5, 0.6) is 0 Å². The van der Waals surface area contributed by atoms with Crippen LogP contribution in [0.3, 0.4) is 0 Å². The van der Waals surface area contributed by atoms with Crippen LogP contribution in [-0.4, -0.2) is 17.4 Å². The van der Waals surface area contributed by atoms with Crippen LogP contribution in [0, 0.1) is 11.3 Å². The lowest BCUT2D eigenvalue weighted by molar-refractivity contribution is 0.0696. The first-order valence-electron chi connectivity index (χ1n) is 3.52. The number of carbonyl (C=O) groups excluding carboxylic acids is 1. The molecule has 1 rings (SSSR count). The Morgan fingerprint density at radius 3 is 2.64 bits per heavy atom. The number of benzene rings is 1. The first kappa shape index (κ1) is 10.4. The average Bonchev–Trinajstić information content (AvgIpc) is 2.16. The van der Waals surface area contributed by atoms with E-state index in [1.54, 1.807) is 6.07 Å². The fourth-order valence-corrected chi connectivity index (χ4v) is 1.46. The summed E-state index contributed by atoms with van der Waals surface area (Å²) < 4.78 is 0.284. The lowest BCUT2D eigenvalue weighted by Gasteiger charge is -2.01. The molecule has 0 bridgehead atoms. The second kappa shape index (κ2) is 4.03. The van der Waals surface area contributed by atoms with Crippen molar-refractivity contribution in [3.05, 3.63) is 33.3 Å². The molecule has 0 radical (unpaired) electrons. The molecule has 0 fully saturated rings. The van der Waals surface area contributed by atoms with Crippen molar-refractivity contribution in [1.29, 1.82) is 5.26 Å². The molecule has 1 N–H and O–H groups in total. The van der Waals surface area contributed by atoms with Gasteiger partial charge in [0.2, 0.25) is 0 Å². The highest BCUT2D eigenvalue weighted by atomic mass is 79.9. The van der Waals surface area contributed by atoms with E-state index in [9.17, 15) is 9.59 Å². The minimum Gasteiger partial charge on any atom is -0.478 e. The van der Waals surface area contributed by atoms with Crippen LogP contribution in [-0.2, 0) is 0 Å². The maximum atomic E-state index is 10.7. The van der Waals surface area contributed by atoms with Gasteiger partial charge in [-0.3, -0.25) is 4.79 Å². The van der Waals surface area contributed by atoms with Crippen molar-refractivity contribution < 1.29 is 14.7 Å². The van der Waals surface area contributed by atoms with Gasteiger partial charge in [0, 0.05) is 10.0 Å². The van der Waals surface area contributed by atoms with E-state index in [0.29, 0.717) is 6.29 Å². The number of hydrogen-bond acceptors (Lipinski definition) is 3. The number of nitriles is 1. The van der Waals surface area contributed by atoms with Gasteiger partial charge in [-0.25, -0.2) is 4.79 Å². The minimum atomic E-state index is -1.15. The number of carbonyl (C=O) groups is 2. The highest BCUT2D eigenvalue weighted by molar-refractivity contribution is 9.10. The normalized spacial score (nSPS) is 9.14. The van der Waals surface area contributed by atoms with Crippen LogP contribution in [0.15, 0.2) is 16.6 Å². The quantitative estimate of drug-likeness (QED) is 0.816. The van der Waals surface area contributed by atoms with Crippen LogP contribution < -0.4 is 0 Å². The molecule has 70 valence electrons. The standard InChI is InChI=1S/C9H4BrNO3/c10-8-2-5(3-11)6(4-12)1-7(8)9(13)14/h1-2,4H,(H,13,14). The third kappa shape index (κ3) is 1.80. The molecule has 0 aliphatic carbocycles. The van der Waals surface area contributed by atoms with Crippen LogP contribution in [0.25, 0.3) is 0 Å². The first-order valence-corrected chi connectivity index (χ1v) is 4.31. The van der Waals surface area contributed by atoms with Crippen molar-refractivity contribution in [2.75, 3.05) is 0 Å². The monoisotopic (exact) mass is 253 g/mol. The minimum absolute atomic E-state index is 0.0360. The lowest BCUT2D eigenvalue weighted by Crippen LogP contribution is -2.00. The molecule has 5 heteroatoms. The molecule has 0 atom stereocenters. The third-order valence-corrected chi connectivity index (χ3v) is 2.27.